The molecule has 0 fully saturated rings. The molecule has 0 saturated heterocycles. The molecule has 1 aromatic carbocycles. The van der Waals surface area contributed by atoms with Gasteiger partial charge in [-0.05, 0) is 29.8 Å². The first-order valence-electron chi connectivity index (χ1n) is 8.49. The number of hydrogen-bond acceptors (Lipinski definition) is 4. The van der Waals surface area contributed by atoms with E-state index in [0.29, 0.717) is 31.1 Å². The minimum absolute atomic E-state index is 0.0241. The van der Waals surface area contributed by atoms with E-state index < -0.39 is 0 Å². The Morgan fingerprint density at radius 1 is 1.35 bits per heavy atom. The molecule has 0 aliphatic carbocycles. The van der Waals surface area contributed by atoms with Gasteiger partial charge in [0.25, 0.3) is 0 Å². The summed E-state index contributed by atoms with van der Waals surface area (Å²) >= 11 is 5.98. The van der Waals surface area contributed by atoms with Crippen molar-refractivity contribution < 1.29 is 9.21 Å². The van der Waals surface area contributed by atoms with Gasteiger partial charge in [-0.15, -0.1) is 0 Å². The lowest BCUT2D eigenvalue weighted by atomic mass is 10.0. The number of furan rings is 1. The van der Waals surface area contributed by atoms with Crippen LogP contribution in [0.2, 0.25) is 5.02 Å². The summed E-state index contributed by atoms with van der Waals surface area (Å²) < 4.78 is 5.29. The van der Waals surface area contributed by atoms with Crippen molar-refractivity contribution in [3.63, 3.8) is 0 Å². The second-order valence-electron chi connectivity index (χ2n) is 6.38. The van der Waals surface area contributed by atoms with Crippen molar-refractivity contribution in [1.29, 1.82) is 0 Å². The van der Waals surface area contributed by atoms with E-state index in [1.165, 1.54) is 0 Å². The van der Waals surface area contributed by atoms with Crippen LogP contribution in [-0.4, -0.2) is 26.8 Å². The fourth-order valence-corrected chi connectivity index (χ4v) is 3.37. The molecule has 0 bridgehead atoms. The highest BCUT2D eigenvalue weighted by Gasteiger charge is 2.32. The topological polar surface area (TPSA) is 74.2 Å². The van der Waals surface area contributed by atoms with Crippen LogP contribution in [-0.2, 0) is 30.8 Å². The molecule has 2 N–H and O–H groups in total. The molecule has 0 radical (unpaired) electrons. The third-order valence-corrected chi connectivity index (χ3v) is 4.87. The normalized spacial score (nSPS) is 17.0. The summed E-state index contributed by atoms with van der Waals surface area (Å²) in [5, 5.41) is 3.67. The standard InChI is InChI=1S/C19H19ClN4O2/c20-14-5-3-13(4-6-14)10-24-11-17-16(22-12-23-17)8-18(24)19(25)21-9-15-2-1-7-26-15/h1-7,12,18H,8-11H2,(H,21,25)(H,22,23)/t18-/m0/s1. The summed E-state index contributed by atoms with van der Waals surface area (Å²) in [6, 6.07) is 11.1. The van der Waals surface area contributed by atoms with Gasteiger partial charge in [0.2, 0.25) is 5.91 Å². The first kappa shape index (κ1) is 16.9. The second-order valence-corrected chi connectivity index (χ2v) is 6.81. The van der Waals surface area contributed by atoms with Gasteiger partial charge < -0.3 is 14.7 Å². The van der Waals surface area contributed by atoms with Crippen LogP contribution in [0, 0.1) is 0 Å². The highest BCUT2D eigenvalue weighted by molar-refractivity contribution is 6.30. The summed E-state index contributed by atoms with van der Waals surface area (Å²) in [5.74, 6) is 0.711. The van der Waals surface area contributed by atoms with Crippen molar-refractivity contribution >= 4 is 17.5 Å². The van der Waals surface area contributed by atoms with Crippen LogP contribution < -0.4 is 5.32 Å². The van der Waals surface area contributed by atoms with Crippen LogP contribution in [0.1, 0.15) is 22.7 Å². The van der Waals surface area contributed by atoms with E-state index >= 15 is 0 Å². The lowest BCUT2D eigenvalue weighted by molar-refractivity contribution is -0.127. The number of carbonyl (C=O) groups excluding carboxylic acids is 1. The molecule has 1 atom stereocenters. The zero-order chi connectivity index (χ0) is 17.9. The summed E-state index contributed by atoms with van der Waals surface area (Å²) in [5.41, 5.74) is 3.13. The van der Waals surface area contributed by atoms with E-state index in [0.717, 1.165) is 22.7 Å². The lowest BCUT2D eigenvalue weighted by Gasteiger charge is -2.34. The van der Waals surface area contributed by atoms with Gasteiger partial charge in [0.05, 0.1) is 36.6 Å². The number of nitrogens with zero attached hydrogens (tertiary/aromatic N) is 2. The number of benzene rings is 1. The van der Waals surface area contributed by atoms with Crippen molar-refractivity contribution in [1.82, 2.24) is 20.2 Å². The molecule has 134 valence electrons. The van der Waals surface area contributed by atoms with Crippen molar-refractivity contribution in [2.75, 3.05) is 0 Å². The smallest absolute Gasteiger partial charge is 0.238 e. The fraction of sp³-hybridized carbons (Fsp3) is 0.263. The number of nitrogens with one attached hydrogen (secondary N) is 2. The highest BCUT2D eigenvalue weighted by Crippen LogP contribution is 2.23. The number of aromatic nitrogens is 2. The van der Waals surface area contributed by atoms with Gasteiger partial charge in [-0.25, -0.2) is 4.98 Å². The van der Waals surface area contributed by atoms with Gasteiger partial charge in [-0.3, -0.25) is 9.69 Å². The van der Waals surface area contributed by atoms with E-state index in [9.17, 15) is 4.79 Å². The fourth-order valence-electron chi connectivity index (χ4n) is 3.24. The molecule has 7 heteroatoms. The molecule has 4 rings (SSSR count). The number of H-pyrrole nitrogens is 1. The number of halogens is 1. The molecule has 2 aromatic heterocycles. The molecule has 0 spiro atoms. The Balaban J connectivity index is 1.50. The average Bonchev–Trinajstić information content (AvgIpc) is 3.32. The van der Waals surface area contributed by atoms with Crippen LogP contribution >= 0.6 is 11.6 Å². The largest absolute Gasteiger partial charge is 0.467 e. The molecule has 0 unspecified atom stereocenters. The summed E-state index contributed by atoms with van der Waals surface area (Å²) in [6.07, 6.45) is 3.87. The number of imidazole rings is 1. The van der Waals surface area contributed by atoms with Crippen LogP contribution in [0.15, 0.2) is 53.4 Å². The minimum Gasteiger partial charge on any atom is -0.467 e. The quantitative estimate of drug-likeness (QED) is 0.724. The molecule has 3 heterocycles. The molecule has 26 heavy (non-hydrogen) atoms. The minimum atomic E-state index is -0.281. The Hall–Kier alpha value is -2.57. The molecule has 1 amide bonds. The van der Waals surface area contributed by atoms with E-state index in [1.807, 2.05) is 36.4 Å². The molecule has 1 aliphatic heterocycles. The maximum atomic E-state index is 12.8. The SMILES string of the molecule is O=C(NCc1ccco1)[C@@H]1Cc2nc[nH]c2CN1Cc1ccc(Cl)cc1. The lowest BCUT2D eigenvalue weighted by Crippen LogP contribution is -2.49. The number of hydrogen-bond donors (Lipinski definition) is 2. The Bertz CT molecular complexity index is 873. The molecular formula is C19H19ClN4O2. The van der Waals surface area contributed by atoms with Crippen molar-refractivity contribution in [2.45, 2.75) is 32.1 Å². The van der Waals surface area contributed by atoms with E-state index in [-0.39, 0.29) is 11.9 Å². The summed E-state index contributed by atoms with van der Waals surface area (Å²) in [7, 11) is 0. The van der Waals surface area contributed by atoms with Crippen LogP contribution in [0.25, 0.3) is 0 Å². The van der Waals surface area contributed by atoms with E-state index in [2.05, 4.69) is 20.2 Å². The summed E-state index contributed by atoms with van der Waals surface area (Å²) in [6.45, 7) is 1.69. The Morgan fingerprint density at radius 3 is 2.96 bits per heavy atom. The number of rotatable bonds is 5. The van der Waals surface area contributed by atoms with Gasteiger partial charge in [0.15, 0.2) is 0 Å². The maximum Gasteiger partial charge on any atom is 0.238 e. The number of amides is 1. The van der Waals surface area contributed by atoms with Crippen LogP contribution in [0.3, 0.4) is 0 Å². The Kier molecular flexibility index (Phi) is 4.77. The molecule has 6 nitrogen and oxygen atoms in total. The average molecular weight is 371 g/mol. The molecule has 0 saturated carbocycles. The third kappa shape index (κ3) is 3.66. The zero-order valence-corrected chi connectivity index (χ0v) is 14.9. The maximum absolute atomic E-state index is 12.8. The number of fused-ring (bicyclic) bond motifs is 1. The predicted molar refractivity (Wildman–Crippen MR) is 97.3 cm³/mol. The first-order valence-corrected chi connectivity index (χ1v) is 8.86. The molecular weight excluding hydrogens is 352 g/mol. The number of aromatic amines is 1. The molecule has 3 aromatic rings. The van der Waals surface area contributed by atoms with Gasteiger partial charge in [-0.2, -0.15) is 0 Å². The number of carbonyl (C=O) groups is 1. The van der Waals surface area contributed by atoms with Gasteiger partial charge in [-0.1, -0.05) is 23.7 Å². The van der Waals surface area contributed by atoms with Gasteiger partial charge >= 0.3 is 0 Å². The van der Waals surface area contributed by atoms with E-state index in [1.54, 1.807) is 12.6 Å². The molecule has 1 aliphatic rings. The Morgan fingerprint density at radius 2 is 2.19 bits per heavy atom. The third-order valence-electron chi connectivity index (χ3n) is 4.61. The predicted octanol–water partition coefficient (Wildman–Crippen LogP) is 2.90. The monoisotopic (exact) mass is 370 g/mol. The van der Waals surface area contributed by atoms with Crippen molar-refractivity contribution in [3.05, 3.63) is 76.7 Å². The van der Waals surface area contributed by atoms with Crippen LogP contribution in [0.5, 0.6) is 0 Å². The first-order chi connectivity index (χ1) is 12.7. The van der Waals surface area contributed by atoms with Crippen molar-refractivity contribution in [2.24, 2.45) is 0 Å². The van der Waals surface area contributed by atoms with Crippen LogP contribution in [0.4, 0.5) is 0 Å². The van der Waals surface area contributed by atoms with Gasteiger partial charge in [0.1, 0.15) is 5.76 Å². The second kappa shape index (κ2) is 7.35. The Labute approximate surface area is 156 Å². The highest BCUT2D eigenvalue weighted by atomic mass is 35.5. The zero-order valence-electron chi connectivity index (χ0n) is 14.1. The van der Waals surface area contributed by atoms with Crippen molar-refractivity contribution in [3.8, 4) is 0 Å². The van der Waals surface area contributed by atoms with E-state index in [4.69, 9.17) is 16.0 Å². The summed E-state index contributed by atoms with van der Waals surface area (Å²) in [4.78, 5) is 22.5. The van der Waals surface area contributed by atoms with Gasteiger partial charge in [0, 0.05) is 24.5 Å².